The Labute approximate surface area is 474 Å². The largest absolute Gasteiger partial charge is 0.306 e. The van der Waals surface area contributed by atoms with Gasteiger partial charge in [-0.2, -0.15) is 0 Å². The number of hydrogen-bond acceptors (Lipinski definition) is 6. The highest BCUT2D eigenvalue weighted by molar-refractivity contribution is 7.22. The number of carbonyl (C=O) groups is 2. The molecule has 0 spiro atoms. The average molecular weight is 1100 g/mol. The van der Waals surface area contributed by atoms with Gasteiger partial charge in [0.25, 0.3) is 11.8 Å². The number of carbonyl (C=O) groups excluding carboxylic acids is 2. The molecule has 0 aliphatic carbocycles. The maximum atomic E-state index is 16.1. The Hall–Kier alpha value is -2.78. The van der Waals surface area contributed by atoms with E-state index in [9.17, 15) is 0 Å². The van der Waals surface area contributed by atoms with Crippen LogP contribution in [0.25, 0.3) is 30.9 Å². The molecule has 2 aliphatic rings. The molecule has 0 bridgehead atoms. The lowest BCUT2D eigenvalue weighted by Crippen LogP contribution is -2.34. The van der Waals surface area contributed by atoms with Crippen molar-refractivity contribution in [1.29, 1.82) is 0 Å². The summed E-state index contributed by atoms with van der Waals surface area (Å²) in [4.78, 5) is 43.9. The summed E-state index contributed by atoms with van der Waals surface area (Å²) in [6.07, 6.45) is 43.9. The Bertz CT molecular complexity index is 2280. The zero-order chi connectivity index (χ0) is 53.0. The van der Waals surface area contributed by atoms with E-state index in [4.69, 9.17) is 0 Å². The third-order valence-corrected chi connectivity index (χ3v) is 20.9. The summed E-state index contributed by atoms with van der Waals surface area (Å²) in [5.41, 5.74) is 5.81. The van der Waals surface area contributed by atoms with Gasteiger partial charge in [-0.15, -0.1) is 45.3 Å². The predicted molar refractivity (Wildman–Crippen MR) is 333 cm³/mol. The molecule has 2 unspecified atom stereocenters. The Balaban J connectivity index is 1.43. The molecule has 0 radical (unpaired) electrons. The van der Waals surface area contributed by atoms with Crippen molar-refractivity contribution in [1.82, 2.24) is 9.80 Å². The van der Waals surface area contributed by atoms with Crippen LogP contribution in [0.2, 0.25) is 0 Å². The number of aryl methyl sites for hydroxylation is 2. The van der Waals surface area contributed by atoms with Crippen molar-refractivity contribution in [3.63, 3.8) is 0 Å². The third kappa shape index (κ3) is 18.7. The first kappa shape index (κ1) is 61.4. The SMILES string of the molecule is CCCCCCCCCCCCc1cc(C2=C3C(=O)N(CC(CCCCCC)CCCCCCCC)C(c4cc(C)c(-c5cccs5)s4)=C3C(=O)N2CC(CCCCCC)CCCCCCCC)sc1-c1cccs1. The minimum absolute atomic E-state index is 0.0637. The van der Waals surface area contributed by atoms with Crippen molar-refractivity contribution >= 4 is 68.6 Å². The number of thiophene rings is 4. The minimum atomic E-state index is 0.0637. The molecule has 0 N–H and O–H groups in total. The molecule has 2 amide bonds. The van der Waals surface area contributed by atoms with Crippen LogP contribution < -0.4 is 0 Å². The first-order valence-corrected chi connectivity index (χ1v) is 34.7. The molecule has 4 aromatic rings. The van der Waals surface area contributed by atoms with E-state index < -0.39 is 0 Å². The second kappa shape index (κ2) is 35.0. The average Bonchev–Trinajstić information content (AvgIpc) is 4.30. The molecule has 0 saturated carbocycles. The predicted octanol–water partition coefficient (Wildman–Crippen LogP) is 22.5. The van der Waals surface area contributed by atoms with E-state index >= 15 is 9.59 Å². The summed E-state index contributed by atoms with van der Waals surface area (Å²) in [7, 11) is 0. The molecular weight excluding hydrogens is 993 g/mol. The highest BCUT2D eigenvalue weighted by atomic mass is 32.1. The zero-order valence-corrected chi connectivity index (χ0v) is 51.5. The smallest absolute Gasteiger partial charge is 0.261 e. The standard InChI is InChI=1S/C67H102N2O2S4/c1-7-12-17-22-25-26-27-28-31-36-43-55-49-59(75-65(55)57-45-38-47-73-57)63-61-60(66(70)69(63)51-54(40-33-21-16-11-5)42-35-30-24-19-14-9-3)62(58-48-52(6)64(74-58)56-44-37-46-72-56)68(67(61)71)50-53(39-32-20-15-10-4)41-34-29-23-18-13-8-2/h37-38,44-49,53-54H,7-36,39-43,50-51H2,1-6H3. The number of amides is 2. The number of hydrogen-bond donors (Lipinski definition) is 0. The molecular formula is C67H102N2O2S4. The Morgan fingerprint density at radius 1 is 0.413 bits per heavy atom. The quantitative estimate of drug-likeness (QED) is 0.0415. The van der Waals surface area contributed by atoms with Crippen molar-refractivity contribution < 1.29 is 9.59 Å². The van der Waals surface area contributed by atoms with Crippen LogP contribution in [-0.2, 0) is 16.0 Å². The molecule has 0 aromatic carbocycles. The van der Waals surface area contributed by atoms with Crippen LogP contribution in [0.3, 0.4) is 0 Å². The van der Waals surface area contributed by atoms with Crippen LogP contribution in [0.1, 0.15) is 274 Å². The second-order valence-corrected chi connectivity index (χ2v) is 26.8. The fourth-order valence-electron chi connectivity index (χ4n) is 12.0. The highest BCUT2D eigenvalue weighted by Crippen LogP contribution is 2.52. The van der Waals surface area contributed by atoms with E-state index in [1.165, 1.54) is 223 Å². The second-order valence-electron chi connectivity index (χ2n) is 22.8. The van der Waals surface area contributed by atoms with Gasteiger partial charge in [0, 0.05) is 32.6 Å². The molecule has 6 rings (SSSR count). The van der Waals surface area contributed by atoms with Crippen molar-refractivity contribution in [2.24, 2.45) is 11.8 Å². The van der Waals surface area contributed by atoms with Crippen molar-refractivity contribution in [2.75, 3.05) is 13.1 Å². The van der Waals surface area contributed by atoms with Crippen LogP contribution in [0.15, 0.2) is 58.3 Å². The van der Waals surface area contributed by atoms with Crippen LogP contribution in [-0.4, -0.2) is 34.7 Å². The summed E-state index contributed by atoms with van der Waals surface area (Å²) in [6, 6.07) is 13.6. The lowest BCUT2D eigenvalue weighted by molar-refractivity contribution is -0.124. The van der Waals surface area contributed by atoms with E-state index in [1.807, 2.05) is 22.7 Å². The number of unbranched alkanes of at least 4 members (excludes halogenated alkanes) is 25. The summed E-state index contributed by atoms with van der Waals surface area (Å²) in [5.74, 6) is 0.913. The van der Waals surface area contributed by atoms with E-state index in [0.717, 1.165) is 53.3 Å². The zero-order valence-electron chi connectivity index (χ0n) is 48.3. The molecule has 2 atom stereocenters. The topological polar surface area (TPSA) is 40.6 Å². The molecule has 416 valence electrons. The minimum Gasteiger partial charge on any atom is -0.306 e. The van der Waals surface area contributed by atoms with Gasteiger partial charge >= 0.3 is 0 Å². The molecule has 0 saturated heterocycles. The number of rotatable bonds is 43. The Morgan fingerprint density at radius 3 is 1.16 bits per heavy atom. The van der Waals surface area contributed by atoms with Crippen LogP contribution in [0.4, 0.5) is 0 Å². The van der Waals surface area contributed by atoms with Crippen LogP contribution >= 0.6 is 45.3 Å². The van der Waals surface area contributed by atoms with Gasteiger partial charge in [-0.1, -0.05) is 233 Å². The lowest BCUT2D eigenvalue weighted by atomic mass is 9.93. The van der Waals surface area contributed by atoms with E-state index in [-0.39, 0.29) is 11.8 Å². The fraction of sp³-hybridized carbons (Fsp3) is 0.672. The Kier molecular flexibility index (Phi) is 28.6. The monoisotopic (exact) mass is 1090 g/mol. The Morgan fingerprint density at radius 2 is 0.760 bits per heavy atom. The highest BCUT2D eigenvalue weighted by Gasteiger charge is 2.50. The summed E-state index contributed by atoms with van der Waals surface area (Å²) in [5, 5.41) is 4.37. The fourth-order valence-corrected chi connectivity index (χ4v) is 16.3. The number of fused-ring (bicyclic) bond motifs is 1. The first-order valence-electron chi connectivity index (χ1n) is 31.3. The van der Waals surface area contributed by atoms with Crippen molar-refractivity contribution in [3.05, 3.63) is 79.2 Å². The maximum Gasteiger partial charge on any atom is 0.261 e. The summed E-state index contributed by atoms with van der Waals surface area (Å²) in [6.45, 7) is 15.1. The van der Waals surface area contributed by atoms with Gasteiger partial charge in [-0.3, -0.25) is 9.59 Å². The van der Waals surface area contributed by atoms with Crippen molar-refractivity contribution in [3.8, 4) is 19.5 Å². The van der Waals surface area contributed by atoms with E-state index in [1.54, 1.807) is 22.7 Å². The van der Waals surface area contributed by atoms with Crippen molar-refractivity contribution in [2.45, 2.75) is 266 Å². The van der Waals surface area contributed by atoms with Gasteiger partial charge in [0.2, 0.25) is 0 Å². The normalized spacial score (nSPS) is 14.7. The maximum absolute atomic E-state index is 16.1. The van der Waals surface area contributed by atoms with E-state index in [2.05, 4.69) is 98.5 Å². The number of nitrogens with zero attached hydrogens (tertiary/aromatic N) is 2. The van der Waals surface area contributed by atoms with Gasteiger partial charge in [0.15, 0.2) is 0 Å². The summed E-state index contributed by atoms with van der Waals surface area (Å²) < 4.78 is 0. The van der Waals surface area contributed by atoms with Crippen LogP contribution in [0.5, 0.6) is 0 Å². The van der Waals surface area contributed by atoms with Gasteiger partial charge in [0.1, 0.15) is 0 Å². The molecule has 2 aliphatic heterocycles. The summed E-state index contributed by atoms with van der Waals surface area (Å²) >= 11 is 7.25. The van der Waals surface area contributed by atoms with E-state index in [0.29, 0.717) is 36.1 Å². The van der Waals surface area contributed by atoms with Gasteiger partial charge in [0.05, 0.1) is 32.3 Å². The molecule has 4 aromatic heterocycles. The third-order valence-electron chi connectivity index (χ3n) is 16.4. The van der Waals surface area contributed by atoms with Gasteiger partial charge in [-0.05, 0) is 103 Å². The van der Waals surface area contributed by atoms with Crippen LogP contribution in [0, 0.1) is 18.8 Å². The lowest BCUT2D eigenvalue weighted by Gasteiger charge is -2.29. The molecule has 6 heterocycles. The van der Waals surface area contributed by atoms with Gasteiger partial charge in [-0.25, -0.2) is 0 Å². The first-order chi connectivity index (χ1) is 36.8. The molecule has 75 heavy (non-hydrogen) atoms. The van der Waals surface area contributed by atoms with Gasteiger partial charge < -0.3 is 9.80 Å². The molecule has 4 nitrogen and oxygen atoms in total. The molecule has 0 fully saturated rings. The molecule has 8 heteroatoms.